The number of pyridine rings is 1. The van der Waals surface area contributed by atoms with Gasteiger partial charge in [-0.05, 0) is 52.7 Å². The van der Waals surface area contributed by atoms with Gasteiger partial charge >= 0.3 is 0 Å². The van der Waals surface area contributed by atoms with E-state index in [-0.39, 0.29) is 11.2 Å². The number of rotatable bonds is 4. The zero-order valence-electron chi connectivity index (χ0n) is 11.9. The van der Waals surface area contributed by atoms with E-state index in [1.165, 1.54) is 6.07 Å². The Labute approximate surface area is 127 Å². The van der Waals surface area contributed by atoms with Gasteiger partial charge in [0.25, 0.3) is 0 Å². The summed E-state index contributed by atoms with van der Waals surface area (Å²) in [5, 5.41) is 3.32. The van der Waals surface area contributed by atoms with E-state index in [0.29, 0.717) is 6.54 Å². The van der Waals surface area contributed by atoms with Gasteiger partial charge in [0.15, 0.2) is 0 Å². The molecule has 0 aliphatic carbocycles. The molecule has 2 nitrogen and oxygen atoms in total. The van der Waals surface area contributed by atoms with E-state index >= 15 is 0 Å². The van der Waals surface area contributed by atoms with E-state index in [4.69, 9.17) is 0 Å². The second kappa shape index (κ2) is 5.92. The maximum Gasteiger partial charge on any atom is 0.126 e. The van der Waals surface area contributed by atoms with E-state index in [2.05, 4.69) is 40.1 Å². The summed E-state index contributed by atoms with van der Waals surface area (Å²) >= 11 is 3.43. The topological polar surface area (TPSA) is 24.9 Å². The van der Waals surface area contributed by atoms with Crippen molar-refractivity contribution < 1.29 is 4.39 Å². The zero-order valence-corrected chi connectivity index (χ0v) is 13.5. The van der Waals surface area contributed by atoms with Crippen LogP contribution in [0.5, 0.6) is 0 Å². The molecule has 1 heterocycles. The first-order valence-corrected chi connectivity index (χ1v) is 7.31. The number of nitrogens with one attached hydrogen (secondary N) is 1. The molecule has 1 aromatic carbocycles. The minimum absolute atomic E-state index is 0.176. The molecule has 0 saturated heterocycles. The summed E-state index contributed by atoms with van der Waals surface area (Å²) in [6.07, 6.45) is 0. The number of benzene rings is 1. The second-order valence-electron chi connectivity index (χ2n) is 5.51. The van der Waals surface area contributed by atoms with Crippen LogP contribution in [0.25, 0.3) is 0 Å². The zero-order chi connectivity index (χ0) is 14.8. The Bertz CT molecular complexity index is 611. The van der Waals surface area contributed by atoms with E-state index in [0.717, 1.165) is 21.5 Å². The van der Waals surface area contributed by atoms with Crippen molar-refractivity contribution in [1.82, 2.24) is 4.98 Å². The first-order valence-electron chi connectivity index (χ1n) is 6.51. The average Bonchev–Trinajstić information content (AvgIpc) is 2.40. The molecule has 0 radical (unpaired) electrons. The van der Waals surface area contributed by atoms with Gasteiger partial charge in [0, 0.05) is 16.4 Å². The molecule has 106 valence electrons. The fourth-order valence-corrected chi connectivity index (χ4v) is 2.19. The van der Waals surface area contributed by atoms with Crippen LogP contribution >= 0.6 is 15.9 Å². The highest BCUT2D eigenvalue weighted by Gasteiger charge is 2.21. The van der Waals surface area contributed by atoms with E-state index in [1.54, 1.807) is 12.1 Å². The lowest BCUT2D eigenvalue weighted by molar-refractivity contribution is 0.545. The van der Waals surface area contributed by atoms with Crippen molar-refractivity contribution in [3.05, 3.63) is 57.9 Å². The Hall–Kier alpha value is -1.42. The molecule has 0 spiro atoms. The maximum absolute atomic E-state index is 13.3. The van der Waals surface area contributed by atoms with Crippen LogP contribution in [0.4, 0.5) is 10.2 Å². The monoisotopic (exact) mass is 336 g/mol. The molecule has 2 aromatic rings. The summed E-state index contributed by atoms with van der Waals surface area (Å²) in [6, 6.07) is 10.6. The molecule has 0 unspecified atom stereocenters. The predicted molar refractivity (Wildman–Crippen MR) is 84.6 cm³/mol. The van der Waals surface area contributed by atoms with E-state index in [1.807, 2.05) is 25.1 Å². The fraction of sp³-hybridized carbons (Fsp3) is 0.312. The first kappa shape index (κ1) is 15.0. The quantitative estimate of drug-likeness (QED) is 0.876. The Morgan fingerprint density at radius 3 is 2.65 bits per heavy atom. The Morgan fingerprint density at radius 2 is 2.00 bits per heavy atom. The van der Waals surface area contributed by atoms with Gasteiger partial charge in [0.05, 0.1) is 5.69 Å². The number of aryl methyl sites for hydroxylation is 1. The molecule has 20 heavy (non-hydrogen) atoms. The number of aromatic nitrogens is 1. The minimum Gasteiger partial charge on any atom is -0.369 e. The third-order valence-corrected chi connectivity index (χ3v) is 4.18. The molecule has 0 aliphatic heterocycles. The van der Waals surface area contributed by atoms with E-state index < -0.39 is 0 Å². The van der Waals surface area contributed by atoms with Crippen LogP contribution in [0.3, 0.4) is 0 Å². The van der Waals surface area contributed by atoms with Crippen LogP contribution in [0.2, 0.25) is 0 Å². The number of hydrogen-bond acceptors (Lipinski definition) is 2. The Kier molecular flexibility index (Phi) is 4.43. The smallest absolute Gasteiger partial charge is 0.126 e. The second-order valence-corrected chi connectivity index (χ2v) is 6.37. The summed E-state index contributed by atoms with van der Waals surface area (Å²) in [5.41, 5.74) is 1.74. The molecule has 0 aliphatic rings. The fourth-order valence-electron chi connectivity index (χ4n) is 1.97. The molecule has 0 bridgehead atoms. The Balaban J connectivity index is 2.10. The molecule has 0 atom stereocenters. The average molecular weight is 337 g/mol. The molecule has 2 rings (SSSR count). The standard InChI is InChI=1S/C16H18BrFN2/c1-11-14(17)7-8-15(20-11)19-10-16(2,3)12-5-4-6-13(18)9-12/h4-9H,10H2,1-3H3,(H,19,20). The highest BCUT2D eigenvalue weighted by atomic mass is 79.9. The van der Waals surface area contributed by atoms with Gasteiger partial charge in [-0.3, -0.25) is 0 Å². The lowest BCUT2D eigenvalue weighted by atomic mass is 9.84. The van der Waals surface area contributed by atoms with Crippen LogP contribution in [0.15, 0.2) is 40.9 Å². The summed E-state index contributed by atoms with van der Waals surface area (Å²) < 4.78 is 14.3. The van der Waals surface area contributed by atoms with Crippen molar-refractivity contribution in [1.29, 1.82) is 0 Å². The summed E-state index contributed by atoms with van der Waals surface area (Å²) in [5.74, 6) is 0.628. The number of anilines is 1. The van der Waals surface area contributed by atoms with Gasteiger partial charge in [0.1, 0.15) is 11.6 Å². The molecule has 1 N–H and O–H groups in total. The molecule has 1 aromatic heterocycles. The van der Waals surface area contributed by atoms with Gasteiger partial charge < -0.3 is 5.32 Å². The largest absolute Gasteiger partial charge is 0.369 e. The lowest BCUT2D eigenvalue weighted by Crippen LogP contribution is -2.28. The van der Waals surface area contributed by atoms with Gasteiger partial charge in [-0.25, -0.2) is 9.37 Å². The van der Waals surface area contributed by atoms with Gasteiger partial charge in [-0.2, -0.15) is 0 Å². The number of hydrogen-bond donors (Lipinski definition) is 1. The Morgan fingerprint density at radius 1 is 1.25 bits per heavy atom. The minimum atomic E-state index is -0.201. The maximum atomic E-state index is 13.3. The summed E-state index contributed by atoms with van der Waals surface area (Å²) in [6.45, 7) is 6.80. The van der Waals surface area contributed by atoms with Crippen LogP contribution in [0, 0.1) is 12.7 Å². The third kappa shape index (κ3) is 3.57. The van der Waals surface area contributed by atoms with Crippen LogP contribution < -0.4 is 5.32 Å². The molecule has 0 amide bonds. The number of halogens is 2. The first-order chi connectivity index (χ1) is 9.38. The summed E-state index contributed by atoms with van der Waals surface area (Å²) in [7, 11) is 0. The normalized spacial score (nSPS) is 11.4. The predicted octanol–water partition coefficient (Wildman–Crippen LogP) is 4.68. The SMILES string of the molecule is Cc1nc(NCC(C)(C)c2cccc(F)c2)ccc1Br. The van der Waals surface area contributed by atoms with Gasteiger partial charge in [-0.15, -0.1) is 0 Å². The lowest BCUT2D eigenvalue weighted by Gasteiger charge is -2.26. The van der Waals surface area contributed by atoms with Crippen LogP contribution in [-0.2, 0) is 5.41 Å². The molecule has 0 fully saturated rings. The van der Waals surface area contributed by atoms with Crippen LogP contribution in [0.1, 0.15) is 25.1 Å². The van der Waals surface area contributed by atoms with Crippen molar-refractivity contribution in [3.63, 3.8) is 0 Å². The number of nitrogens with zero attached hydrogens (tertiary/aromatic N) is 1. The van der Waals surface area contributed by atoms with Crippen molar-refractivity contribution in [3.8, 4) is 0 Å². The van der Waals surface area contributed by atoms with Gasteiger partial charge in [-0.1, -0.05) is 26.0 Å². The molecule has 0 saturated carbocycles. The van der Waals surface area contributed by atoms with Crippen molar-refractivity contribution in [2.24, 2.45) is 0 Å². The van der Waals surface area contributed by atoms with Crippen molar-refractivity contribution in [2.75, 3.05) is 11.9 Å². The highest BCUT2D eigenvalue weighted by Crippen LogP contribution is 2.24. The molecule has 4 heteroatoms. The third-order valence-electron chi connectivity index (χ3n) is 3.34. The van der Waals surface area contributed by atoms with Crippen LogP contribution in [-0.4, -0.2) is 11.5 Å². The highest BCUT2D eigenvalue weighted by molar-refractivity contribution is 9.10. The van der Waals surface area contributed by atoms with Gasteiger partial charge in [0.2, 0.25) is 0 Å². The van der Waals surface area contributed by atoms with Crippen molar-refractivity contribution in [2.45, 2.75) is 26.2 Å². The molecular formula is C16H18BrFN2. The summed E-state index contributed by atoms with van der Waals surface area (Å²) in [4.78, 5) is 4.45. The van der Waals surface area contributed by atoms with E-state index in [9.17, 15) is 4.39 Å². The van der Waals surface area contributed by atoms with Crippen molar-refractivity contribution >= 4 is 21.7 Å². The molecular weight excluding hydrogens is 319 g/mol.